The Hall–Kier alpha value is -3.01. The number of fused-ring (bicyclic) bond motifs is 1. The third-order valence-corrected chi connectivity index (χ3v) is 8.12. The fourth-order valence-corrected chi connectivity index (χ4v) is 6.42. The van der Waals surface area contributed by atoms with Crippen molar-refractivity contribution >= 4 is 50.6 Å². The summed E-state index contributed by atoms with van der Waals surface area (Å²) in [6.45, 7) is 4.07. The highest BCUT2D eigenvalue weighted by atomic mass is 79.9. The average molecular weight is 584 g/mol. The van der Waals surface area contributed by atoms with Crippen LogP contribution in [0.3, 0.4) is 0 Å². The van der Waals surface area contributed by atoms with E-state index in [9.17, 15) is 9.59 Å². The van der Waals surface area contributed by atoms with Gasteiger partial charge in [-0.05, 0) is 49.1 Å². The molecule has 1 atom stereocenters. The Morgan fingerprint density at radius 3 is 2.81 bits per heavy atom. The maximum Gasteiger partial charge on any atom is 0.338 e. The van der Waals surface area contributed by atoms with Gasteiger partial charge in [0.2, 0.25) is 0 Å². The number of furan rings is 1. The van der Waals surface area contributed by atoms with Gasteiger partial charge in [0.05, 0.1) is 22.4 Å². The summed E-state index contributed by atoms with van der Waals surface area (Å²) in [5, 5.41) is 1.94. The number of benzene rings is 1. The smallest absolute Gasteiger partial charge is 0.338 e. The number of aromatic nitrogens is 1. The fraction of sp³-hybridized carbons (Fsp3) is 0.222. The Bertz CT molecular complexity index is 1630. The van der Waals surface area contributed by atoms with Crippen LogP contribution in [0.4, 0.5) is 0 Å². The van der Waals surface area contributed by atoms with Gasteiger partial charge < -0.3 is 9.15 Å². The van der Waals surface area contributed by atoms with E-state index in [1.165, 1.54) is 22.7 Å². The number of rotatable bonds is 7. The third kappa shape index (κ3) is 4.70. The summed E-state index contributed by atoms with van der Waals surface area (Å²) in [6, 6.07) is 14.9. The molecule has 9 heteroatoms. The van der Waals surface area contributed by atoms with Crippen LogP contribution in [0.1, 0.15) is 43.4 Å². The van der Waals surface area contributed by atoms with Crippen molar-refractivity contribution < 1.29 is 13.9 Å². The molecule has 36 heavy (non-hydrogen) atoms. The first-order chi connectivity index (χ1) is 17.5. The standard InChI is InChI=1S/C27H23BrN2O4S2/c1-3-7-19-23(26(32)33-4-2)24(21-10-6-13-35-21)30-25(31)22(36-27(30)29-19)15-18-11-12-20(34-18)16-8-5-9-17(28)14-16/h5-6,8-15,24H,3-4,7H2,1-2H3/b22-15-. The Kier molecular flexibility index (Phi) is 7.22. The number of thiazole rings is 1. The monoisotopic (exact) mass is 582 g/mol. The summed E-state index contributed by atoms with van der Waals surface area (Å²) in [5.74, 6) is 0.852. The number of halogens is 1. The largest absolute Gasteiger partial charge is 0.463 e. The lowest BCUT2D eigenvalue weighted by Gasteiger charge is -2.24. The highest BCUT2D eigenvalue weighted by Gasteiger charge is 2.34. The third-order valence-electron chi connectivity index (χ3n) is 5.71. The van der Waals surface area contributed by atoms with Crippen molar-refractivity contribution in [3.05, 3.63) is 100.0 Å². The van der Waals surface area contributed by atoms with Gasteiger partial charge in [-0.1, -0.05) is 58.8 Å². The van der Waals surface area contributed by atoms with Crippen molar-refractivity contribution in [3.63, 3.8) is 0 Å². The van der Waals surface area contributed by atoms with Crippen LogP contribution in [0.25, 0.3) is 17.4 Å². The van der Waals surface area contributed by atoms with Crippen LogP contribution in [0, 0.1) is 0 Å². The van der Waals surface area contributed by atoms with Gasteiger partial charge in [-0.3, -0.25) is 9.36 Å². The van der Waals surface area contributed by atoms with Gasteiger partial charge in [0, 0.05) is 21.0 Å². The summed E-state index contributed by atoms with van der Waals surface area (Å²) < 4.78 is 14.5. The van der Waals surface area contributed by atoms with Gasteiger partial charge in [-0.15, -0.1) is 11.3 Å². The van der Waals surface area contributed by atoms with Gasteiger partial charge >= 0.3 is 5.97 Å². The van der Waals surface area contributed by atoms with E-state index >= 15 is 0 Å². The van der Waals surface area contributed by atoms with E-state index in [0.717, 1.165) is 21.3 Å². The molecular weight excluding hydrogens is 560 g/mol. The van der Waals surface area contributed by atoms with Crippen LogP contribution in [0.5, 0.6) is 0 Å². The van der Waals surface area contributed by atoms with Gasteiger partial charge in [0.15, 0.2) is 4.80 Å². The second-order valence-electron chi connectivity index (χ2n) is 8.14. The molecule has 0 saturated carbocycles. The fourth-order valence-electron chi connectivity index (χ4n) is 4.19. The molecule has 4 heterocycles. The maximum absolute atomic E-state index is 13.7. The van der Waals surface area contributed by atoms with Crippen molar-refractivity contribution in [3.8, 4) is 11.3 Å². The maximum atomic E-state index is 13.7. The average Bonchev–Trinajstić information content (AvgIpc) is 3.61. The molecule has 0 saturated heterocycles. The molecule has 0 aliphatic carbocycles. The SMILES string of the molecule is CCCC1=C(C(=O)OCC)C(c2cccs2)n2c(s/c(=C\c3ccc(-c4cccc(Br)c4)o3)c2=O)=N1. The highest BCUT2D eigenvalue weighted by Crippen LogP contribution is 2.34. The minimum absolute atomic E-state index is 0.213. The van der Waals surface area contributed by atoms with Crippen molar-refractivity contribution in [1.29, 1.82) is 0 Å². The number of hydrogen-bond acceptors (Lipinski definition) is 7. The van der Waals surface area contributed by atoms with Crippen LogP contribution in [0.15, 0.2) is 83.9 Å². The van der Waals surface area contributed by atoms with E-state index in [4.69, 9.17) is 14.1 Å². The van der Waals surface area contributed by atoms with E-state index in [0.29, 0.717) is 38.5 Å². The normalized spacial score (nSPS) is 15.6. The molecule has 4 aromatic rings. The number of hydrogen-bond donors (Lipinski definition) is 0. The number of ether oxygens (including phenoxy) is 1. The summed E-state index contributed by atoms with van der Waals surface area (Å²) in [5.41, 5.74) is 1.84. The summed E-state index contributed by atoms with van der Waals surface area (Å²) >= 11 is 6.29. The molecule has 1 aliphatic heterocycles. The van der Waals surface area contributed by atoms with Gasteiger partial charge in [-0.25, -0.2) is 9.79 Å². The van der Waals surface area contributed by atoms with Gasteiger partial charge in [-0.2, -0.15) is 0 Å². The number of carbonyl (C=O) groups excluding carboxylic acids is 1. The first-order valence-corrected chi connectivity index (χ1v) is 14.1. The molecule has 0 radical (unpaired) electrons. The van der Waals surface area contributed by atoms with E-state index < -0.39 is 12.0 Å². The summed E-state index contributed by atoms with van der Waals surface area (Å²) in [6.07, 6.45) is 3.18. The van der Waals surface area contributed by atoms with Crippen molar-refractivity contribution in [1.82, 2.24) is 4.57 Å². The zero-order chi connectivity index (χ0) is 25.2. The number of nitrogens with zero attached hydrogens (tertiary/aromatic N) is 2. The molecule has 3 aromatic heterocycles. The second-order valence-corrected chi connectivity index (χ2v) is 11.0. The Labute approximate surface area is 224 Å². The Morgan fingerprint density at radius 1 is 1.22 bits per heavy atom. The highest BCUT2D eigenvalue weighted by molar-refractivity contribution is 9.10. The van der Waals surface area contributed by atoms with Crippen LogP contribution in [0.2, 0.25) is 0 Å². The Morgan fingerprint density at radius 2 is 2.08 bits per heavy atom. The Balaban J connectivity index is 1.65. The lowest BCUT2D eigenvalue weighted by molar-refractivity contribution is -0.139. The van der Waals surface area contributed by atoms with Crippen LogP contribution < -0.4 is 14.9 Å². The predicted octanol–water partition coefficient (Wildman–Crippen LogP) is 5.66. The molecule has 0 amide bonds. The molecule has 5 rings (SSSR count). The molecule has 0 bridgehead atoms. The number of thiophene rings is 1. The number of carbonyl (C=O) groups is 1. The lowest BCUT2D eigenvalue weighted by Crippen LogP contribution is -2.39. The number of esters is 1. The molecule has 0 N–H and O–H groups in total. The number of allylic oxidation sites excluding steroid dienone is 1. The summed E-state index contributed by atoms with van der Waals surface area (Å²) in [4.78, 5) is 33.0. The molecule has 184 valence electrons. The van der Waals surface area contributed by atoms with E-state index in [1.54, 1.807) is 17.6 Å². The molecule has 1 aromatic carbocycles. The topological polar surface area (TPSA) is 73.8 Å². The quantitative estimate of drug-likeness (QED) is 0.263. The minimum atomic E-state index is -0.571. The second kappa shape index (κ2) is 10.5. The van der Waals surface area contributed by atoms with Crippen molar-refractivity contribution in [2.24, 2.45) is 4.99 Å². The molecule has 0 spiro atoms. The molecule has 0 fully saturated rings. The van der Waals surface area contributed by atoms with Crippen molar-refractivity contribution in [2.75, 3.05) is 6.61 Å². The molecule has 1 aliphatic rings. The first kappa shape index (κ1) is 24.7. The summed E-state index contributed by atoms with van der Waals surface area (Å²) in [7, 11) is 0. The van der Waals surface area contributed by atoms with E-state index in [2.05, 4.69) is 15.9 Å². The van der Waals surface area contributed by atoms with Crippen LogP contribution in [-0.2, 0) is 9.53 Å². The molecular formula is C27H23BrN2O4S2. The minimum Gasteiger partial charge on any atom is -0.463 e. The van der Waals surface area contributed by atoms with Gasteiger partial charge in [0.25, 0.3) is 5.56 Å². The zero-order valence-electron chi connectivity index (χ0n) is 19.7. The van der Waals surface area contributed by atoms with Crippen LogP contribution in [-0.4, -0.2) is 17.1 Å². The van der Waals surface area contributed by atoms with Crippen LogP contribution >= 0.6 is 38.6 Å². The zero-order valence-corrected chi connectivity index (χ0v) is 22.9. The lowest BCUT2D eigenvalue weighted by atomic mass is 9.99. The molecule has 1 unspecified atom stereocenters. The predicted molar refractivity (Wildman–Crippen MR) is 146 cm³/mol. The van der Waals surface area contributed by atoms with E-state index in [-0.39, 0.29) is 12.2 Å². The van der Waals surface area contributed by atoms with Crippen molar-refractivity contribution in [2.45, 2.75) is 32.7 Å². The van der Waals surface area contributed by atoms with Gasteiger partial charge in [0.1, 0.15) is 17.6 Å². The first-order valence-electron chi connectivity index (χ1n) is 11.6. The molecule has 6 nitrogen and oxygen atoms in total. The van der Waals surface area contributed by atoms with E-state index in [1.807, 2.05) is 60.8 Å².